The van der Waals surface area contributed by atoms with Gasteiger partial charge in [0.1, 0.15) is 0 Å². The van der Waals surface area contributed by atoms with Crippen LogP contribution in [0.5, 0.6) is 0 Å². The van der Waals surface area contributed by atoms with Gasteiger partial charge in [-0.3, -0.25) is 0 Å². The first-order chi connectivity index (χ1) is 2.83. The van der Waals surface area contributed by atoms with Gasteiger partial charge in [-0.1, -0.05) is 0 Å². The van der Waals surface area contributed by atoms with E-state index >= 15 is 0 Å². The van der Waals surface area contributed by atoms with E-state index in [2.05, 4.69) is 84.8 Å². The van der Waals surface area contributed by atoms with E-state index in [1.165, 1.54) is 0 Å². The summed E-state index contributed by atoms with van der Waals surface area (Å²) in [5.41, 5.74) is 0. The van der Waals surface area contributed by atoms with Gasteiger partial charge in [-0.15, -0.1) is 0 Å². The van der Waals surface area contributed by atoms with Crippen LogP contribution in [-0.2, 0) is 12.3 Å². The zero-order chi connectivity index (χ0) is 8.35. The summed E-state index contributed by atoms with van der Waals surface area (Å²) in [5.74, 6) is 0. The molecule has 0 amide bonds. The van der Waals surface area contributed by atoms with E-state index in [0.717, 1.165) is 0 Å². The van der Waals surface area contributed by atoms with Gasteiger partial charge in [0.15, 0.2) is 0 Å². The fourth-order valence-electron chi connectivity index (χ4n) is 0. The maximum absolute atomic E-state index is 6.11. The Morgan fingerprint density at radius 2 is 0.500 bits per heavy atom. The molecular formula is Co2S8. The Morgan fingerprint density at radius 1 is 0.500 bits per heavy atom. The molecule has 0 nitrogen and oxygen atoms in total. The molecule has 0 fully saturated rings. The second kappa shape index (κ2) is 1.44. The third-order valence-electron chi connectivity index (χ3n) is 0. The van der Waals surface area contributed by atoms with Gasteiger partial charge in [0.25, 0.3) is 0 Å². The van der Waals surface area contributed by atoms with E-state index in [0.29, 0.717) is 0 Å². The van der Waals surface area contributed by atoms with E-state index in [4.69, 9.17) is 0 Å². The molecule has 0 heterocycles. The predicted molar refractivity (Wildman–Crippen MR) is 60.7 cm³/mol. The molecule has 0 N–H and O–H groups in total. The number of rotatable bonds is 0. The average molecular weight is 374 g/mol. The molecule has 0 aromatic heterocycles. The first-order valence-corrected chi connectivity index (χ1v) is 13.5. The quantitative estimate of drug-likeness (QED) is 0.562. The molecule has 10 heteroatoms. The Morgan fingerprint density at radius 3 is 0.500 bits per heavy atom. The van der Waals surface area contributed by atoms with E-state index in [1.807, 2.05) is 0 Å². The number of hydrogen-bond acceptors (Lipinski definition) is 8. The molecule has 0 aliphatic heterocycles. The monoisotopic (exact) mass is 374 g/mol. The van der Waals surface area contributed by atoms with Crippen molar-refractivity contribution in [3.8, 4) is 0 Å². The maximum atomic E-state index is 4.48. The van der Waals surface area contributed by atoms with Crippen LogP contribution in [0.3, 0.4) is 0 Å². The van der Waals surface area contributed by atoms with Crippen LogP contribution in [0.15, 0.2) is 0 Å². The van der Waals surface area contributed by atoms with Crippen molar-refractivity contribution in [3.63, 3.8) is 0 Å². The van der Waals surface area contributed by atoms with E-state index in [1.54, 1.807) is 0 Å². The van der Waals surface area contributed by atoms with Gasteiger partial charge in [0.2, 0.25) is 0 Å². The molecule has 0 rings (SSSR count). The Bertz CT molecular complexity index is 878. The molecule has 1 radical (unpaired) electrons. The third kappa shape index (κ3) is 134. The van der Waals surface area contributed by atoms with Crippen LogP contribution >= 0.6 is 84.8 Å². The van der Waals surface area contributed by atoms with Gasteiger partial charge in [0.05, 0.1) is 0 Å². The molecule has 0 aromatic carbocycles. The Labute approximate surface area is 95.2 Å². The molecule has 0 spiro atoms. The van der Waals surface area contributed by atoms with Crippen LogP contribution in [0.2, 0.25) is 0 Å². The minimum atomic E-state index is -6.11. The van der Waals surface area contributed by atoms with Gasteiger partial charge in [0, 0.05) is 16.8 Å². The Kier molecular flexibility index (Phi) is 2.20. The molecule has 10 heavy (non-hydrogen) atoms. The average Bonchev–Trinajstić information content (AvgIpc) is 0.503. The molecule has 66 valence electrons. The summed E-state index contributed by atoms with van der Waals surface area (Å²) in [6.07, 6.45) is 0. The Balaban J connectivity index is 0. The van der Waals surface area contributed by atoms with E-state index in [-0.39, 0.29) is 16.8 Å². The standard InChI is InChI=1S/2Co.8S. The zero-order valence-electron chi connectivity index (χ0n) is 3.93. The van der Waals surface area contributed by atoms with Gasteiger partial charge in [-0.2, -0.15) is 0 Å². The van der Waals surface area contributed by atoms with E-state index in [9.17, 15) is 0 Å². The van der Waals surface area contributed by atoms with Crippen LogP contribution in [0.1, 0.15) is 0 Å². The van der Waals surface area contributed by atoms with Crippen LogP contribution in [-0.4, -0.2) is 0 Å². The molecule has 0 saturated carbocycles. The predicted octanol–water partition coefficient (Wildman–Crippen LogP) is 5.18. The van der Waals surface area contributed by atoms with Gasteiger partial charge >= 0.3 is 80.4 Å². The topological polar surface area (TPSA) is 0 Å². The van der Waals surface area contributed by atoms with Gasteiger partial charge in [-0.05, 0) is 0 Å². The van der Waals surface area contributed by atoms with E-state index < -0.39 is -4.47 Å². The van der Waals surface area contributed by atoms with Crippen LogP contribution < -0.4 is 0 Å². The fourth-order valence-corrected chi connectivity index (χ4v) is 0. The van der Waals surface area contributed by atoms with Crippen LogP contribution in [0, 0.1) is 0 Å². The van der Waals surface area contributed by atoms with Crippen molar-refractivity contribution in [2.45, 2.75) is 0 Å². The Hall–Kier alpha value is 2.77. The summed E-state index contributed by atoms with van der Waals surface area (Å²) in [6.45, 7) is 0. The second-order valence-corrected chi connectivity index (χ2v) is 57.7. The summed E-state index contributed by atoms with van der Waals surface area (Å²) >= 11 is 0. The second-order valence-electron chi connectivity index (χ2n) is 1.56. The molecule has 0 atom stereocenters. The van der Waals surface area contributed by atoms with Crippen LogP contribution in [0.4, 0.5) is 0 Å². The van der Waals surface area contributed by atoms with Gasteiger partial charge in [-0.25, -0.2) is 0 Å². The summed E-state index contributed by atoms with van der Waals surface area (Å²) < 4.78 is -6.11. The first-order valence-electron chi connectivity index (χ1n) is 1.09. The fraction of sp³-hybridized carbons (Fsp3) is 0. The van der Waals surface area contributed by atoms with Crippen molar-refractivity contribution in [3.05, 3.63) is 0 Å². The van der Waals surface area contributed by atoms with Gasteiger partial charge < -0.3 is 0 Å². The molecule has 0 aliphatic rings. The molecule has 0 unspecified atom stereocenters. The molecule has 0 aliphatic carbocycles. The molecule has 0 aromatic rings. The minimum absolute atomic E-state index is 0. The summed E-state index contributed by atoms with van der Waals surface area (Å²) in [5, 5.41) is 0. The summed E-state index contributed by atoms with van der Waals surface area (Å²) in [6, 6.07) is 0. The molecular weight excluding hydrogens is 374 g/mol. The summed E-state index contributed by atoms with van der Waals surface area (Å²) in [4.78, 5) is 0. The number of hydrogen-bond donors (Lipinski definition) is 0. The molecule has 0 saturated heterocycles. The molecule has 0 bridgehead atoms. The SMILES string of the molecule is [Co].[S]=[Co](=[S])(=[S])(=[S])(=[S])(=[S])(=[S])=[S]. The summed E-state index contributed by atoms with van der Waals surface area (Å²) in [7, 11) is 35.9. The van der Waals surface area contributed by atoms with Crippen molar-refractivity contribution in [2.75, 3.05) is 0 Å². The van der Waals surface area contributed by atoms with Crippen molar-refractivity contribution in [1.82, 2.24) is 0 Å². The normalized spacial score (nSPS) is 27.2. The van der Waals surface area contributed by atoms with Crippen LogP contribution in [0.25, 0.3) is 0 Å². The van der Waals surface area contributed by atoms with Crippen molar-refractivity contribution < 1.29 is 12.3 Å². The zero-order valence-corrected chi connectivity index (χ0v) is 12.5. The third-order valence-corrected chi connectivity index (χ3v) is 0. The van der Waals surface area contributed by atoms with Crippen molar-refractivity contribution >= 4 is 84.8 Å². The van der Waals surface area contributed by atoms with Crippen molar-refractivity contribution in [2.24, 2.45) is 0 Å². The first kappa shape index (κ1) is 15.3. The van der Waals surface area contributed by atoms with Crippen molar-refractivity contribution in [1.29, 1.82) is 0 Å².